The van der Waals surface area contributed by atoms with E-state index in [2.05, 4.69) is 26.3 Å². The molecule has 94 valence electrons. The summed E-state index contributed by atoms with van der Waals surface area (Å²) in [5.74, 6) is -0.0651. The van der Waals surface area contributed by atoms with E-state index in [9.17, 15) is 4.79 Å². The van der Waals surface area contributed by atoms with E-state index in [1.165, 1.54) is 0 Å². The molecule has 0 saturated heterocycles. The zero-order valence-corrected chi connectivity index (χ0v) is 11.6. The predicted octanol–water partition coefficient (Wildman–Crippen LogP) is 2.16. The predicted molar refractivity (Wildman–Crippen MR) is 73.4 cm³/mol. The molecule has 0 spiro atoms. The number of hydrogen-bond donors (Lipinski definition) is 1. The number of carbonyl (C=O) groups is 1. The highest BCUT2D eigenvalue weighted by Gasteiger charge is 2.08. The highest BCUT2D eigenvalue weighted by atomic mass is 79.9. The number of nitrogens with one attached hydrogen (secondary N) is 1. The summed E-state index contributed by atoms with van der Waals surface area (Å²) < 4.78 is 2.62. The Bertz CT molecular complexity index is 551. The van der Waals surface area contributed by atoms with E-state index in [1.807, 2.05) is 36.0 Å². The average molecular weight is 308 g/mol. The van der Waals surface area contributed by atoms with Crippen molar-refractivity contribution >= 4 is 21.8 Å². The molecule has 1 aromatic heterocycles. The molecule has 0 aliphatic rings. The normalized spacial score (nSPS) is 10.3. The minimum absolute atomic E-state index is 0.0651. The molecule has 5 heteroatoms. The number of carbonyl (C=O) groups excluding carboxylic acids is 1. The van der Waals surface area contributed by atoms with E-state index in [1.54, 1.807) is 12.3 Å². The second-order valence-corrected chi connectivity index (χ2v) is 4.79. The van der Waals surface area contributed by atoms with Gasteiger partial charge in [0.25, 0.3) is 5.91 Å². The van der Waals surface area contributed by atoms with Crippen LogP contribution < -0.4 is 5.32 Å². The van der Waals surface area contributed by atoms with Crippen molar-refractivity contribution in [3.8, 4) is 0 Å². The van der Waals surface area contributed by atoms with E-state index >= 15 is 0 Å². The van der Waals surface area contributed by atoms with Crippen molar-refractivity contribution in [1.82, 2.24) is 15.1 Å². The molecule has 2 rings (SSSR count). The number of amides is 1. The Balaban J connectivity index is 1.90. The van der Waals surface area contributed by atoms with Crippen LogP contribution in [0.1, 0.15) is 16.1 Å². The van der Waals surface area contributed by atoms with Gasteiger partial charge < -0.3 is 5.32 Å². The molecule has 0 atom stereocenters. The molecule has 4 nitrogen and oxygen atoms in total. The first-order valence-corrected chi connectivity index (χ1v) is 6.47. The van der Waals surface area contributed by atoms with Crippen LogP contribution in [0.5, 0.6) is 0 Å². The second kappa shape index (κ2) is 5.82. The topological polar surface area (TPSA) is 46.9 Å². The fourth-order valence-electron chi connectivity index (χ4n) is 1.69. The number of halogens is 1. The second-order valence-electron chi connectivity index (χ2n) is 3.93. The molecule has 1 amide bonds. The summed E-state index contributed by atoms with van der Waals surface area (Å²) in [6.07, 6.45) is 2.53. The van der Waals surface area contributed by atoms with E-state index in [0.717, 1.165) is 16.6 Å². The third kappa shape index (κ3) is 2.98. The molecule has 18 heavy (non-hydrogen) atoms. The van der Waals surface area contributed by atoms with Gasteiger partial charge in [0.15, 0.2) is 0 Å². The summed E-state index contributed by atoms with van der Waals surface area (Å²) in [6.45, 7) is 0.597. The number of aromatic nitrogens is 2. The molecule has 0 unspecified atom stereocenters. The molecular formula is C13H14BrN3O. The molecule has 0 radical (unpaired) electrons. The Hall–Kier alpha value is -1.62. The summed E-state index contributed by atoms with van der Waals surface area (Å²) in [5.41, 5.74) is 1.75. The minimum Gasteiger partial charge on any atom is -0.352 e. The van der Waals surface area contributed by atoms with Crippen molar-refractivity contribution in [2.75, 3.05) is 6.54 Å². The SMILES string of the molecule is Cn1nccc1CCNC(=O)c1ccccc1Br. The first-order chi connectivity index (χ1) is 8.68. The van der Waals surface area contributed by atoms with Gasteiger partial charge >= 0.3 is 0 Å². The van der Waals surface area contributed by atoms with Crippen LogP contribution in [0, 0.1) is 0 Å². The lowest BCUT2D eigenvalue weighted by Gasteiger charge is -2.06. The molecular weight excluding hydrogens is 294 g/mol. The fourth-order valence-corrected chi connectivity index (χ4v) is 2.16. The maximum atomic E-state index is 11.9. The Kier molecular flexibility index (Phi) is 4.15. The molecule has 1 aromatic carbocycles. The van der Waals surface area contributed by atoms with Gasteiger partial charge in [-0.2, -0.15) is 5.10 Å². The van der Waals surface area contributed by atoms with Crippen molar-refractivity contribution in [3.05, 3.63) is 52.3 Å². The van der Waals surface area contributed by atoms with Crippen LogP contribution in [0.25, 0.3) is 0 Å². The summed E-state index contributed by atoms with van der Waals surface area (Å²) in [4.78, 5) is 11.9. The maximum Gasteiger partial charge on any atom is 0.252 e. The quantitative estimate of drug-likeness (QED) is 0.941. The lowest BCUT2D eigenvalue weighted by atomic mass is 10.2. The number of hydrogen-bond acceptors (Lipinski definition) is 2. The van der Waals surface area contributed by atoms with Gasteiger partial charge in [-0.15, -0.1) is 0 Å². The number of aryl methyl sites for hydroxylation is 1. The number of nitrogens with zero attached hydrogens (tertiary/aromatic N) is 2. The third-order valence-corrected chi connectivity index (χ3v) is 3.40. The largest absolute Gasteiger partial charge is 0.352 e. The van der Waals surface area contributed by atoms with Crippen molar-refractivity contribution in [3.63, 3.8) is 0 Å². The van der Waals surface area contributed by atoms with Gasteiger partial charge in [0.1, 0.15) is 0 Å². The maximum absolute atomic E-state index is 11.9. The van der Waals surface area contributed by atoms with Crippen LogP contribution in [0.2, 0.25) is 0 Å². The molecule has 0 saturated carbocycles. The summed E-state index contributed by atoms with van der Waals surface area (Å²) in [7, 11) is 1.89. The highest BCUT2D eigenvalue weighted by molar-refractivity contribution is 9.10. The van der Waals surface area contributed by atoms with Crippen LogP contribution in [0.4, 0.5) is 0 Å². The van der Waals surface area contributed by atoms with Gasteiger partial charge in [-0.25, -0.2) is 0 Å². The smallest absolute Gasteiger partial charge is 0.252 e. The molecule has 0 fully saturated rings. The van der Waals surface area contributed by atoms with E-state index in [0.29, 0.717) is 12.1 Å². The Labute approximate surface area is 114 Å². The molecule has 0 aliphatic heterocycles. The zero-order chi connectivity index (χ0) is 13.0. The van der Waals surface area contributed by atoms with Crippen molar-refractivity contribution < 1.29 is 4.79 Å². The van der Waals surface area contributed by atoms with Crippen LogP contribution in [-0.4, -0.2) is 22.2 Å². The van der Waals surface area contributed by atoms with Crippen molar-refractivity contribution in [1.29, 1.82) is 0 Å². The van der Waals surface area contributed by atoms with Crippen LogP contribution in [-0.2, 0) is 13.5 Å². The Morgan fingerprint density at radius 2 is 2.17 bits per heavy atom. The molecule has 1 N–H and O–H groups in total. The number of rotatable bonds is 4. The monoisotopic (exact) mass is 307 g/mol. The van der Waals surface area contributed by atoms with Gasteiger partial charge in [0.05, 0.1) is 5.56 Å². The fraction of sp³-hybridized carbons (Fsp3) is 0.231. The van der Waals surface area contributed by atoms with E-state index < -0.39 is 0 Å². The standard InChI is InChI=1S/C13H14BrN3O/c1-17-10(7-9-16-17)6-8-15-13(18)11-4-2-3-5-12(11)14/h2-5,7,9H,6,8H2,1H3,(H,15,18). The Morgan fingerprint density at radius 3 is 2.83 bits per heavy atom. The summed E-state index contributed by atoms with van der Waals surface area (Å²) in [5, 5.41) is 6.98. The van der Waals surface area contributed by atoms with Crippen molar-refractivity contribution in [2.24, 2.45) is 7.05 Å². The average Bonchev–Trinajstić information content (AvgIpc) is 2.75. The molecule has 0 aliphatic carbocycles. The summed E-state index contributed by atoms with van der Waals surface area (Å²) >= 11 is 3.36. The van der Waals surface area contributed by atoms with Gasteiger partial charge in [-0.05, 0) is 34.1 Å². The summed E-state index contributed by atoms with van der Waals surface area (Å²) in [6, 6.07) is 9.33. The van der Waals surface area contributed by atoms with E-state index in [4.69, 9.17) is 0 Å². The van der Waals surface area contributed by atoms with Gasteiger partial charge in [0.2, 0.25) is 0 Å². The minimum atomic E-state index is -0.0651. The lowest BCUT2D eigenvalue weighted by molar-refractivity contribution is 0.0953. The van der Waals surface area contributed by atoms with Gasteiger partial charge in [0, 0.05) is 36.4 Å². The first-order valence-electron chi connectivity index (χ1n) is 5.68. The zero-order valence-electron chi connectivity index (χ0n) is 10.1. The lowest BCUT2D eigenvalue weighted by Crippen LogP contribution is -2.26. The molecule has 1 heterocycles. The van der Waals surface area contributed by atoms with Gasteiger partial charge in [-0.1, -0.05) is 12.1 Å². The van der Waals surface area contributed by atoms with Crippen LogP contribution >= 0.6 is 15.9 Å². The van der Waals surface area contributed by atoms with Crippen molar-refractivity contribution in [2.45, 2.75) is 6.42 Å². The number of benzene rings is 1. The molecule has 0 bridgehead atoms. The van der Waals surface area contributed by atoms with E-state index in [-0.39, 0.29) is 5.91 Å². The van der Waals surface area contributed by atoms with Crippen LogP contribution in [0.15, 0.2) is 41.0 Å². The highest BCUT2D eigenvalue weighted by Crippen LogP contribution is 2.15. The van der Waals surface area contributed by atoms with Gasteiger partial charge in [-0.3, -0.25) is 9.48 Å². The Morgan fingerprint density at radius 1 is 1.39 bits per heavy atom. The first kappa shape index (κ1) is 12.8. The van der Waals surface area contributed by atoms with Crippen LogP contribution in [0.3, 0.4) is 0 Å². The third-order valence-electron chi connectivity index (χ3n) is 2.71. The molecule has 2 aromatic rings.